The lowest BCUT2D eigenvalue weighted by Crippen LogP contribution is -2.47. The summed E-state index contributed by atoms with van der Waals surface area (Å²) < 4.78 is 5.64. The van der Waals surface area contributed by atoms with Gasteiger partial charge in [-0.1, -0.05) is 52.1 Å². The van der Waals surface area contributed by atoms with E-state index in [1.165, 1.54) is 0 Å². The molecule has 1 saturated heterocycles. The van der Waals surface area contributed by atoms with E-state index in [0.29, 0.717) is 32.1 Å². The maximum Gasteiger partial charge on any atom is 0.410 e. The van der Waals surface area contributed by atoms with E-state index in [1.807, 2.05) is 36.4 Å². The molecule has 0 radical (unpaired) electrons. The summed E-state index contributed by atoms with van der Waals surface area (Å²) in [5.41, 5.74) is 5.64. The molecule has 3 heterocycles. The van der Waals surface area contributed by atoms with Crippen molar-refractivity contribution in [1.82, 2.24) is 20.7 Å². The number of rotatable bonds is 8. The molecule has 4 atom stereocenters. The standard InChI is InChI=1S/C26H35BN4O4/c1-5-17(2)20-11-23(25(32)29-14-21-12-24(27(3)4)30-35-21)31(15-20)26(33)34-16-18-10-19-8-6-7-9-22(19)28-13-18/h6-10,12-13,17,20-21,23,30H,5,11,14-16H2,1-4H3,(H,29,32). The van der Waals surface area contributed by atoms with Crippen molar-refractivity contribution in [2.45, 2.75) is 59.1 Å². The molecule has 2 N–H and O–H groups in total. The summed E-state index contributed by atoms with van der Waals surface area (Å²) in [6.07, 6.45) is 4.64. The highest BCUT2D eigenvalue weighted by Crippen LogP contribution is 2.31. The van der Waals surface area contributed by atoms with Gasteiger partial charge in [0.15, 0.2) is 6.71 Å². The van der Waals surface area contributed by atoms with Gasteiger partial charge in [-0.3, -0.25) is 25.0 Å². The number of fused-ring (bicyclic) bond motifs is 1. The van der Waals surface area contributed by atoms with Crippen LogP contribution in [0.1, 0.15) is 32.3 Å². The van der Waals surface area contributed by atoms with Crippen LogP contribution < -0.4 is 10.8 Å². The molecule has 0 aliphatic carbocycles. The molecule has 0 saturated carbocycles. The first-order chi connectivity index (χ1) is 16.9. The number of hydrogen-bond donors (Lipinski definition) is 2. The zero-order valence-electron chi connectivity index (χ0n) is 21.0. The van der Waals surface area contributed by atoms with Gasteiger partial charge in [-0.05, 0) is 42.1 Å². The number of amides is 2. The molecule has 0 spiro atoms. The molecule has 1 fully saturated rings. The van der Waals surface area contributed by atoms with E-state index in [4.69, 9.17) is 9.57 Å². The van der Waals surface area contributed by atoms with Crippen LogP contribution in [0.4, 0.5) is 4.79 Å². The molecule has 1 aromatic carbocycles. The third-order valence-electron chi connectivity index (χ3n) is 7.12. The lowest BCUT2D eigenvalue weighted by molar-refractivity contribution is -0.125. The summed E-state index contributed by atoms with van der Waals surface area (Å²) in [6.45, 7) is 9.76. The number of hydroxylamine groups is 1. The molecule has 0 bridgehead atoms. The van der Waals surface area contributed by atoms with Crippen molar-refractivity contribution in [2.75, 3.05) is 13.1 Å². The Hall–Kier alpha value is -3.07. The molecule has 4 rings (SSSR count). The fourth-order valence-corrected chi connectivity index (χ4v) is 4.63. The second-order valence-electron chi connectivity index (χ2n) is 9.92. The van der Waals surface area contributed by atoms with Gasteiger partial charge in [-0.25, -0.2) is 4.79 Å². The van der Waals surface area contributed by atoms with Crippen LogP contribution in [0.2, 0.25) is 13.6 Å². The number of benzene rings is 1. The van der Waals surface area contributed by atoms with Crippen LogP contribution in [-0.4, -0.2) is 53.8 Å². The Labute approximate surface area is 207 Å². The number of nitrogens with zero attached hydrogens (tertiary/aromatic N) is 2. The number of likely N-dealkylation sites (tertiary alicyclic amines) is 1. The molecule has 2 aliphatic rings. The third kappa shape index (κ3) is 5.96. The zero-order valence-corrected chi connectivity index (χ0v) is 21.0. The normalized spacial score (nSPS) is 22.5. The van der Waals surface area contributed by atoms with Crippen LogP contribution in [0, 0.1) is 11.8 Å². The van der Waals surface area contributed by atoms with Gasteiger partial charge >= 0.3 is 6.09 Å². The molecule has 8 nitrogen and oxygen atoms in total. The van der Waals surface area contributed by atoms with Crippen molar-refractivity contribution in [3.05, 3.63) is 53.8 Å². The fourth-order valence-electron chi connectivity index (χ4n) is 4.63. The highest BCUT2D eigenvalue weighted by atomic mass is 16.7. The minimum Gasteiger partial charge on any atom is -0.444 e. The van der Waals surface area contributed by atoms with Gasteiger partial charge in [-0.2, -0.15) is 0 Å². The lowest BCUT2D eigenvalue weighted by atomic mass is 9.52. The Kier molecular flexibility index (Phi) is 7.95. The number of hydrogen-bond acceptors (Lipinski definition) is 6. The van der Waals surface area contributed by atoms with Crippen molar-refractivity contribution in [1.29, 1.82) is 0 Å². The number of ether oxygens (including phenoxy) is 1. The van der Waals surface area contributed by atoms with Gasteiger partial charge < -0.3 is 10.1 Å². The zero-order chi connectivity index (χ0) is 24.9. The largest absolute Gasteiger partial charge is 0.444 e. The second kappa shape index (κ2) is 11.1. The van der Waals surface area contributed by atoms with Gasteiger partial charge in [0.2, 0.25) is 5.91 Å². The van der Waals surface area contributed by atoms with Crippen LogP contribution in [0.5, 0.6) is 0 Å². The summed E-state index contributed by atoms with van der Waals surface area (Å²) in [5.74, 6) is 0.490. The van der Waals surface area contributed by atoms with Gasteiger partial charge in [0.25, 0.3) is 0 Å². The summed E-state index contributed by atoms with van der Waals surface area (Å²) in [7, 11) is 0. The highest BCUT2D eigenvalue weighted by Gasteiger charge is 2.42. The summed E-state index contributed by atoms with van der Waals surface area (Å²) in [6, 6.07) is 9.23. The van der Waals surface area contributed by atoms with Gasteiger partial charge in [-0.15, -0.1) is 0 Å². The van der Waals surface area contributed by atoms with Crippen LogP contribution in [0.3, 0.4) is 0 Å². The predicted molar refractivity (Wildman–Crippen MR) is 137 cm³/mol. The van der Waals surface area contributed by atoms with E-state index in [0.717, 1.165) is 28.5 Å². The average Bonchev–Trinajstić information content (AvgIpc) is 3.53. The number of nitrogens with one attached hydrogen (secondary N) is 2. The number of carbonyl (C=O) groups is 2. The maximum atomic E-state index is 13.1. The summed E-state index contributed by atoms with van der Waals surface area (Å²) in [4.78, 5) is 37.8. The number of pyridine rings is 1. The first kappa shape index (κ1) is 25.0. The van der Waals surface area contributed by atoms with Crippen molar-refractivity contribution in [3.63, 3.8) is 0 Å². The molecular formula is C26H35BN4O4. The topological polar surface area (TPSA) is 92.8 Å². The van der Waals surface area contributed by atoms with Crippen molar-refractivity contribution in [3.8, 4) is 0 Å². The quantitative estimate of drug-likeness (QED) is 0.561. The minimum absolute atomic E-state index is 0.111. The molecule has 35 heavy (non-hydrogen) atoms. The van der Waals surface area contributed by atoms with E-state index in [1.54, 1.807) is 11.1 Å². The van der Waals surface area contributed by atoms with E-state index >= 15 is 0 Å². The first-order valence-electron chi connectivity index (χ1n) is 12.5. The molecule has 2 aliphatic heterocycles. The van der Waals surface area contributed by atoms with Crippen molar-refractivity contribution < 1.29 is 19.2 Å². The smallest absolute Gasteiger partial charge is 0.410 e. The Balaban J connectivity index is 1.39. The average molecular weight is 478 g/mol. The van der Waals surface area contributed by atoms with Crippen molar-refractivity contribution >= 4 is 29.6 Å². The lowest BCUT2D eigenvalue weighted by Gasteiger charge is -2.24. The summed E-state index contributed by atoms with van der Waals surface area (Å²) >= 11 is 0. The molecule has 9 heteroatoms. The van der Waals surface area contributed by atoms with Crippen LogP contribution in [0.15, 0.2) is 48.2 Å². The van der Waals surface area contributed by atoms with E-state index in [9.17, 15) is 9.59 Å². The Morgan fingerprint density at radius 3 is 2.89 bits per heavy atom. The monoisotopic (exact) mass is 478 g/mol. The maximum absolute atomic E-state index is 13.1. The second-order valence-corrected chi connectivity index (χ2v) is 9.92. The van der Waals surface area contributed by atoms with Crippen LogP contribution >= 0.6 is 0 Å². The number of para-hydroxylation sites is 1. The molecule has 2 aromatic rings. The Morgan fingerprint density at radius 1 is 1.34 bits per heavy atom. The van der Waals surface area contributed by atoms with Gasteiger partial charge in [0.1, 0.15) is 18.8 Å². The predicted octanol–water partition coefficient (Wildman–Crippen LogP) is 3.81. The van der Waals surface area contributed by atoms with Gasteiger partial charge in [0, 0.05) is 23.7 Å². The number of aromatic nitrogens is 1. The highest BCUT2D eigenvalue weighted by molar-refractivity contribution is 6.63. The van der Waals surface area contributed by atoms with E-state index in [-0.39, 0.29) is 24.5 Å². The third-order valence-corrected chi connectivity index (χ3v) is 7.12. The fraction of sp³-hybridized carbons (Fsp3) is 0.500. The number of carbonyl (C=O) groups excluding carboxylic acids is 2. The summed E-state index contributed by atoms with van der Waals surface area (Å²) in [5, 5.41) is 3.97. The Bertz CT molecular complexity index is 1090. The molecule has 4 unspecified atom stereocenters. The minimum atomic E-state index is -0.556. The van der Waals surface area contributed by atoms with Gasteiger partial charge in [0.05, 0.1) is 12.1 Å². The van der Waals surface area contributed by atoms with E-state index in [2.05, 4.69) is 43.3 Å². The first-order valence-corrected chi connectivity index (χ1v) is 12.5. The van der Waals surface area contributed by atoms with E-state index < -0.39 is 12.1 Å². The SMILES string of the molecule is CCC(C)C1CC(C(=O)NCC2C=C(B(C)C)NO2)N(C(=O)OCc2cnc3ccccc3c2)C1. The van der Waals surface area contributed by atoms with Crippen LogP contribution in [0.25, 0.3) is 10.9 Å². The van der Waals surface area contributed by atoms with Crippen LogP contribution in [-0.2, 0) is 21.0 Å². The molecular weight excluding hydrogens is 443 g/mol. The molecule has 186 valence electrons. The Morgan fingerprint density at radius 2 is 2.14 bits per heavy atom. The van der Waals surface area contributed by atoms with Crippen molar-refractivity contribution in [2.24, 2.45) is 11.8 Å². The molecule has 1 aromatic heterocycles. The molecule has 2 amide bonds.